The largest absolute Gasteiger partial charge is 0.494 e. The Kier molecular flexibility index (Phi) is 6.98. The predicted octanol–water partition coefficient (Wildman–Crippen LogP) is 5.79. The molecule has 0 spiro atoms. The van der Waals surface area contributed by atoms with Crippen LogP contribution in [0.4, 0.5) is 13.2 Å². The summed E-state index contributed by atoms with van der Waals surface area (Å²) < 4.78 is 45.2. The van der Waals surface area contributed by atoms with Gasteiger partial charge in [0.15, 0.2) is 5.82 Å². The average molecular weight is 506 g/mol. The number of halogens is 4. The van der Waals surface area contributed by atoms with Gasteiger partial charge in [-0.2, -0.15) is 18.2 Å². The molecule has 3 aromatic rings. The molecule has 0 atom stereocenters. The first kappa shape index (κ1) is 24.9. The lowest BCUT2D eigenvalue weighted by atomic mass is 9.94. The Labute approximate surface area is 204 Å². The molecule has 0 amide bonds. The third kappa shape index (κ3) is 5.40. The molecule has 2 aromatic carbocycles. The van der Waals surface area contributed by atoms with Crippen LogP contribution in [0, 0.1) is 5.41 Å². The van der Waals surface area contributed by atoms with Crippen LogP contribution in [0.5, 0.6) is 5.75 Å². The van der Waals surface area contributed by atoms with Crippen LogP contribution in [0.3, 0.4) is 0 Å². The maximum atomic E-state index is 13.2. The van der Waals surface area contributed by atoms with E-state index in [9.17, 15) is 22.8 Å². The van der Waals surface area contributed by atoms with E-state index < -0.39 is 23.1 Å². The second-order valence-corrected chi connectivity index (χ2v) is 8.92. The lowest BCUT2D eigenvalue weighted by Crippen LogP contribution is -2.32. The molecular weight excluding hydrogens is 483 g/mol. The van der Waals surface area contributed by atoms with Gasteiger partial charge in [-0.25, -0.2) is 9.78 Å². The summed E-state index contributed by atoms with van der Waals surface area (Å²) in [6, 6.07) is 11.8. The molecule has 1 N–H and O–H groups in total. The number of ketones is 1. The molecule has 35 heavy (non-hydrogen) atoms. The summed E-state index contributed by atoms with van der Waals surface area (Å²) in [7, 11) is 0. The number of benzene rings is 2. The topological polar surface area (TPSA) is 84.9 Å². The van der Waals surface area contributed by atoms with E-state index in [1.54, 1.807) is 42.5 Å². The van der Waals surface area contributed by atoms with Crippen molar-refractivity contribution >= 4 is 17.4 Å². The van der Waals surface area contributed by atoms with Crippen LogP contribution in [-0.2, 0) is 11.2 Å². The zero-order chi connectivity index (χ0) is 25.2. The average Bonchev–Trinajstić information content (AvgIpc) is 3.64. The van der Waals surface area contributed by atoms with Gasteiger partial charge >= 0.3 is 11.9 Å². The predicted molar refractivity (Wildman–Crippen MR) is 125 cm³/mol. The van der Waals surface area contributed by atoms with E-state index in [1.165, 1.54) is 0 Å². The lowest BCUT2D eigenvalue weighted by molar-refractivity contribution is -0.190. The highest BCUT2D eigenvalue weighted by atomic mass is 35.5. The number of hydrogen-bond acceptors (Lipinski definition) is 5. The van der Waals surface area contributed by atoms with Crippen molar-refractivity contribution in [3.63, 3.8) is 0 Å². The highest BCUT2D eigenvalue weighted by Gasteiger charge is 2.67. The summed E-state index contributed by atoms with van der Waals surface area (Å²) in [4.78, 5) is 35.5. The van der Waals surface area contributed by atoms with Crippen molar-refractivity contribution in [2.24, 2.45) is 5.41 Å². The van der Waals surface area contributed by atoms with Gasteiger partial charge in [0.1, 0.15) is 22.8 Å². The Hall–Kier alpha value is -3.20. The van der Waals surface area contributed by atoms with Crippen molar-refractivity contribution in [3.8, 4) is 28.5 Å². The van der Waals surface area contributed by atoms with Crippen molar-refractivity contribution in [2.75, 3.05) is 6.61 Å². The van der Waals surface area contributed by atoms with Crippen LogP contribution in [0.1, 0.15) is 38.2 Å². The summed E-state index contributed by atoms with van der Waals surface area (Å²) >= 11 is 6.34. The Bertz CT molecular complexity index is 1290. The van der Waals surface area contributed by atoms with Crippen molar-refractivity contribution in [1.82, 2.24) is 15.0 Å². The molecule has 0 radical (unpaired) electrons. The van der Waals surface area contributed by atoms with Gasteiger partial charge in [0.25, 0.3) is 0 Å². The number of nitrogens with zero attached hydrogens (tertiary/aromatic N) is 2. The number of rotatable bonds is 9. The third-order valence-corrected chi connectivity index (χ3v) is 6.32. The first-order valence-electron chi connectivity index (χ1n) is 11.2. The number of carbonyl (C=O) groups excluding carboxylic acids is 1. The quantitative estimate of drug-likeness (QED) is 0.398. The summed E-state index contributed by atoms with van der Waals surface area (Å²) in [5.41, 5.74) is -1.23. The van der Waals surface area contributed by atoms with E-state index in [2.05, 4.69) is 15.0 Å². The number of alkyl halides is 3. The number of nitrogens with one attached hydrogen (secondary N) is 1. The summed E-state index contributed by atoms with van der Waals surface area (Å²) in [5.74, 6) is 0.233. The van der Waals surface area contributed by atoms with Crippen LogP contribution in [0.15, 0.2) is 47.3 Å². The number of aromatic nitrogens is 3. The van der Waals surface area contributed by atoms with E-state index in [-0.39, 0.29) is 42.4 Å². The number of aromatic amines is 1. The van der Waals surface area contributed by atoms with Gasteiger partial charge in [0, 0.05) is 17.5 Å². The van der Waals surface area contributed by atoms with Crippen molar-refractivity contribution < 1.29 is 22.7 Å². The molecule has 4 rings (SSSR count). The molecule has 0 bridgehead atoms. The minimum absolute atomic E-state index is 0.113. The molecule has 6 nitrogen and oxygen atoms in total. The third-order valence-electron chi connectivity index (χ3n) is 5.99. The fourth-order valence-electron chi connectivity index (χ4n) is 3.81. The van der Waals surface area contributed by atoms with Crippen molar-refractivity contribution in [3.05, 3.63) is 63.5 Å². The van der Waals surface area contributed by atoms with Crippen molar-refractivity contribution in [2.45, 2.75) is 45.2 Å². The number of H-pyrrole nitrogens is 1. The molecular formula is C25H23ClF3N3O3. The van der Waals surface area contributed by atoms with E-state index in [0.29, 0.717) is 29.0 Å². The molecule has 1 fully saturated rings. The number of Topliss-reactive ketones (excluding diaryl/α,β-unsaturated/α-hetero) is 1. The lowest BCUT2D eigenvalue weighted by Gasteiger charge is -2.17. The fourth-order valence-corrected chi connectivity index (χ4v) is 4.02. The Morgan fingerprint density at radius 2 is 1.86 bits per heavy atom. The second kappa shape index (κ2) is 9.81. The number of aryl methyl sites for hydroxylation is 1. The highest BCUT2D eigenvalue weighted by molar-refractivity contribution is 6.33. The molecule has 1 aromatic heterocycles. The van der Waals surface area contributed by atoms with E-state index in [4.69, 9.17) is 16.3 Å². The maximum absolute atomic E-state index is 13.2. The number of carbonyl (C=O) groups is 1. The normalized spacial score (nSPS) is 14.5. The van der Waals surface area contributed by atoms with Crippen LogP contribution in [0.25, 0.3) is 22.8 Å². The highest BCUT2D eigenvalue weighted by Crippen LogP contribution is 2.58. The minimum Gasteiger partial charge on any atom is -0.494 e. The molecule has 1 saturated carbocycles. The van der Waals surface area contributed by atoms with Gasteiger partial charge in [-0.05, 0) is 67.6 Å². The first-order valence-corrected chi connectivity index (χ1v) is 11.6. The smallest absolute Gasteiger partial charge is 0.401 e. The summed E-state index contributed by atoms with van der Waals surface area (Å²) in [6.45, 7) is 2.59. The van der Waals surface area contributed by atoms with Crippen LogP contribution < -0.4 is 10.4 Å². The van der Waals surface area contributed by atoms with Gasteiger partial charge < -0.3 is 4.74 Å². The molecule has 0 unspecified atom stereocenters. The maximum Gasteiger partial charge on any atom is 0.401 e. The van der Waals surface area contributed by atoms with Gasteiger partial charge in [0.2, 0.25) is 0 Å². The zero-order valence-corrected chi connectivity index (χ0v) is 19.7. The Morgan fingerprint density at radius 3 is 2.49 bits per heavy atom. The first-order chi connectivity index (χ1) is 16.6. The number of ether oxygens (including phenoxy) is 1. The van der Waals surface area contributed by atoms with Gasteiger partial charge in [-0.15, -0.1) is 0 Å². The minimum atomic E-state index is -4.52. The molecule has 1 heterocycles. The van der Waals surface area contributed by atoms with Crippen LogP contribution >= 0.6 is 11.6 Å². The standard InChI is InChI=1S/C25H23ClF3N3O3/c1-2-13-35-17-7-5-16(6-8-17)21-30-22(32-23(34)31-21)18-14-15(3-9-19(18)26)4-10-20(33)24(11-12-24)25(27,28)29/h3,5-9,14H,2,4,10-13H2,1H3,(H,30,31,32,34). The fraction of sp³-hybridized carbons (Fsp3) is 0.360. The van der Waals surface area contributed by atoms with Gasteiger partial charge in [-0.3, -0.25) is 9.78 Å². The molecule has 1 aliphatic rings. The molecule has 0 saturated heterocycles. The Balaban J connectivity index is 1.56. The zero-order valence-electron chi connectivity index (χ0n) is 18.9. The van der Waals surface area contributed by atoms with E-state index in [1.807, 2.05) is 6.92 Å². The molecule has 184 valence electrons. The van der Waals surface area contributed by atoms with E-state index >= 15 is 0 Å². The summed E-state index contributed by atoms with van der Waals surface area (Å²) in [6.07, 6.45) is -4.08. The van der Waals surface area contributed by atoms with Crippen LogP contribution in [0.2, 0.25) is 5.02 Å². The number of hydrogen-bond donors (Lipinski definition) is 1. The van der Waals surface area contributed by atoms with Gasteiger partial charge in [-0.1, -0.05) is 24.6 Å². The van der Waals surface area contributed by atoms with Crippen LogP contribution in [-0.4, -0.2) is 33.5 Å². The van der Waals surface area contributed by atoms with Gasteiger partial charge in [0.05, 0.1) is 11.6 Å². The SMILES string of the molecule is CCCOc1ccc(-c2nc(-c3cc(CCC(=O)C4(C(F)(F)F)CC4)ccc3Cl)[nH]c(=O)n2)cc1. The Morgan fingerprint density at radius 1 is 1.14 bits per heavy atom. The van der Waals surface area contributed by atoms with E-state index in [0.717, 1.165) is 6.42 Å². The molecule has 10 heteroatoms. The molecule has 0 aliphatic heterocycles. The molecule has 1 aliphatic carbocycles. The second-order valence-electron chi connectivity index (χ2n) is 8.52. The van der Waals surface area contributed by atoms with Crippen molar-refractivity contribution in [1.29, 1.82) is 0 Å². The summed E-state index contributed by atoms with van der Waals surface area (Å²) in [5, 5.41) is 0.289. The monoisotopic (exact) mass is 505 g/mol.